The second-order valence-electron chi connectivity index (χ2n) is 6.57. The minimum atomic E-state index is -0.885. The van der Waals surface area contributed by atoms with Gasteiger partial charge in [0.2, 0.25) is 17.7 Å². The van der Waals surface area contributed by atoms with Crippen molar-refractivity contribution in [1.82, 2.24) is 14.8 Å². The molecule has 2 aromatic rings. The van der Waals surface area contributed by atoms with Crippen LogP contribution in [0.2, 0.25) is 0 Å². The summed E-state index contributed by atoms with van der Waals surface area (Å²) in [6.07, 6.45) is 2.72. The predicted octanol–water partition coefficient (Wildman–Crippen LogP) is 1.73. The highest BCUT2D eigenvalue weighted by Gasteiger charge is 2.29. The molecule has 1 aliphatic rings. The molecule has 0 spiro atoms. The molecule has 1 saturated heterocycles. The molecule has 27 heavy (non-hydrogen) atoms. The molecular weight excluding hydrogens is 370 g/mol. The molecule has 1 atom stereocenters. The number of carboxylic acids is 1. The molecule has 0 radical (unpaired) electrons. The average Bonchev–Trinajstić information content (AvgIpc) is 3.33. The van der Waals surface area contributed by atoms with Gasteiger partial charge in [-0.2, -0.15) is 0 Å². The molecule has 1 N–H and O–H groups in total. The fourth-order valence-corrected chi connectivity index (χ4v) is 3.64. The van der Waals surface area contributed by atoms with Crippen LogP contribution in [0.25, 0.3) is 10.8 Å². The van der Waals surface area contributed by atoms with Gasteiger partial charge in [-0.25, -0.2) is 4.98 Å². The van der Waals surface area contributed by atoms with Crippen molar-refractivity contribution in [2.75, 3.05) is 26.7 Å². The molecule has 0 aliphatic carbocycles. The number of carbonyl (C=O) groups is 3. The van der Waals surface area contributed by atoms with E-state index in [1.165, 1.54) is 27.4 Å². The van der Waals surface area contributed by atoms with Gasteiger partial charge in [0.1, 0.15) is 6.26 Å². The van der Waals surface area contributed by atoms with E-state index in [9.17, 15) is 14.4 Å². The van der Waals surface area contributed by atoms with Crippen LogP contribution in [0.1, 0.15) is 18.5 Å². The van der Waals surface area contributed by atoms with Crippen molar-refractivity contribution >= 4 is 29.1 Å². The Kier molecular flexibility index (Phi) is 5.90. The quantitative estimate of drug-likeness (QED) is 0.804. The zero-order valence-corrected chi connectivity index (χ0v) is 15.8. The minimum Gasteiger partial charge on any atom is -0.481 e. The molecular formula is C18H21N3O5S. The SMILES string of the molecule is CN(CC(=O)N1CCCC(C(=O)O)C1)C(=O)Cc1coc(-c2cccs2)n1. The van der Waals surface area contributed by atoms with Gasteiger partial charge in [-0.15, -0.1) is 11.3 Å². The second-order valence-corrected chi connectivity index (χ2v) is 7.51. The number of hydrogen-bond acceptors (Lipinski definition) is 6. The molecule has 0 saturated carbocycles. The van der Waals surface area contributed by atoms with Gasteiger partial charge in [0, 0.05) is 20.1 Å². The molecule has 1 aliphatic heterocycles. The molecule has 144 valence electrons. The number of carboxylic acid groups (broad SMARTS) is 1. The number of carbonyl (C=O) groups excluding carboxylic acids is 2. The lowest BCUT2D eigenvalue weighted by atomic mass is 9.98. The van der Waals surface area contributed by atoms with Crippen LogP contribution < -0.4 is 0 Å². The maximum atomic E-state index is 12.4. The van der Waals surface area contributed by atoms with E-state index in [0.717, 1.165) is 4.88 Å². The van der Waals surface area contributed by atoms with Gasteiger partial charge in [-0.05, 0) is 24.3 Å². The highest BCUT2D eigenvalue weighted by molar-refractivity contribution is 7.13. The number of aliphatic carboxylic acids is 1. The van der Waals surface area contributed by atoms with Crippen LogP contribution in [0, 0.1) is 5.92 Å². The zero-order valence-electron chi connectivity index (χ0n) is 15.0. The summed E-state index contributed by atoms with van der Waals surface area (Å²) < 4.78 is 5.40. The molecule has 9 heteroatoms. The van der Waals surface area contributed by atoms with Crippen molar-refractivity contribution in [3.63, 3.8) is 0 Å². The second kappa shape index (κ2) is 8.34. The van der Waals surface area contributed by atoms with Crippen LogP contribution in [0.3, 0.4) is 0 Å². The number of aromatic nitrogens is 1. The summed E-state index contributed by atoms with van der Waals surface area (Å²) >= 11 is 1.50. The van der Waals surface area contributed by atoms with Crippen molar-refractivity contribution in [2.24, 2.45) is 5.92 Å². The molecule has 0 aromatic carbocycles. The zero-order chi connectivity index (χ0) is 19.4. The van der Waals surface area contributed by atoms with E-state index in [1.54, 1.807) is 7.05 Å². The molecule has 8 nitrogen and oxygen atoms in total. The Hall–Kier alpha value is -2.68. The van der Waals surface area contributed by atoms with E-state index in [4.69, 9.17) is 9.52 Å². The number of likely N-dealkylation sites (N-methyl/N-ethyl adjacent to an activating group) is 1. The molecule has 3 heterocycles. The third kappa shape index (κ3) is 4.73. The Labute approximate surface area is 160 Å². The molecule has 2 amide bonds. The topological polar surface area (TPSA) is 104 Å². The van der Waals surface area contributed by atoms with Crippen LogP contribution in [0.15, 0.2) is 28.2 Å². The molecule has 1 fully saturated rings. The summed E-state index contributed by atoms with van der Waals surface area (Å²) in [5.41, 5.74) is 0.506. The number of nitrogens with zero attached hydrogens (tertiary/aromatic N) is 3. The highest BCUT2D eigenvalue weighted by Crippen LogP contribution is 2.24. The Morgan fingerprint density at radius 2 is 2.26 bits per heavy atom. The van der Waals surface area contributed by atoms with Crippen LogP contribution >= 0.6 is 11.3 Å². The van der Waals surface area contributed by atoms with Crippen LogP contribution in [-0.2, 0) is 20.8 Å². The number of piperidine rings is 1. The number of rotatable bonds is 6. The smallest absolute Gasteiger partial charge is 0.308 e. The number of likely N-dealkylation sites (tertiary alicyclic amines) is 1. The number of oxazole rings is 1. The average molecular weight is 391 g/mol. The van der Waals surface area contributed by atoms with E-state index in [-0.39, 0.29) is 31.3 Å². The van der Waals surface area contributed by atoms with Crippen LogP contribution in [0.5, 0.6) is 0 Å². The van der Waals surface area contributed by atoms with E-state index in [1.807, 2.05) is 17.5 Å². The predicted molar refractivity (Wildman–Crippen MR) is 98.1 cm³/mol. The van der Waals surface area contributed by atoms with Crippen molar-refractivity contribution in [3.8, 4) is 10.8 Å². The fourth-order valence-electron chi connectivity index (χ4n) is 2.99. The van der Waals surface area contributed by atoms with Gasteiger partial charge in [0.25, 0.3) is 0 Å². The first-order valence-corrected chi connectivity index (χ1v) is 9.55. The third-order valence-corrected chi connectivity index (χ3v) is 5.40. The van der Waals surface area contributed by atoms with Gasteiger partial charge in [-0.3, -0.25) is 14.4 Å². The van der Waals surface area contributed by atoms with Crippen LogP contribution in [-0.4, -0.2) is 64.4 Å². The van der Waals surface area contributed by atoms with E-state index >= 15 is 0 Å². The van der Waals surface area contributed by atoms with E-state index in [0.29, 0.717) is 31.0 Å². The molecule has 0 bridgehead atoms. The first-order chi connectivity index (χ1) is 12.9. The molecule has 2 aromatic heterocycles. The molecule has 3 rings (SSSR count). The Morgan fingerprint density at radius 1 is 1.44 bits per heavy atom. The van der Waals surface area contributed by atoms with Crippen LogP contribution in [0.4, 0.5) is 0 Å². The van der Waals surface area contributed by atoms with Gasteiger partial charge in [0.15, 0.2) is 0 Å². The molecule has 1 unspecified atom stereocenters. The normalized spacial score (nSPS) is 16.9. The minimum absolute atomic E-state index is 0.0381. The van der Waals surface area contributed by atoms with Gasteiger partial charge >= 0.3 is 5.97 Å². The maximum Gasteiger partial charge on any atom is 0.308 e. The lowest BCUT2D eigenvalue weighted by Crippen LogP contribution is -2.47. The first-order valence-electron chi connectivity index (χ1n) is 8.67. The maximum absolute atomic E-state index is 12.4. The fraction of sp³-hybridized carbons (Fsp3) is 0.444. The largest absolute Gasteiger partial charge is 0.481 e. The Balaban J connectivity index is 1.53. The number of thiophene rings is 1. The van der Waals surface area contributed by atoms with Crippen molar-refractivity contribution in [2.45, 2.75) is 19.3 Å². The summed E-state index contributed by atoms with van der Waals surface area (Å²) in [4.78, 5) is 44.0. The Bertz CT molecular complexity index is 817. The summed E-state index contributed by atoms with van der Waals surface area (Å²) in [5, 5.41) is 11.0. The van der Waals surface area contributed by atoms with E-state index in [2.05, 4.69) is 4.98 Å². The lowest BCUT2D eigenvalue weighted by Gasteiger charge is -2.32. The summed E-state index contributed by atoms with van der Waals surface area (Å²) in [5.74, 6) is -1.43. The summed E-state index contributed by atoms with van der Waals surface area (Å²) in [6, 6.07) is 3.78. The standard InChI is InChI=1S/C18H21N3O5S/c1-20(10-16(23)21-6-2-4-12(9-21)18(24)25)15(22)8-13-11-26-17(19-13)14-5-3-7-27-14/h3,5,7,11-12H,2,4,6,8-10H2,1H3,(H,24,25). The van der Waals surface area contributed by atoms with Crippen molar-refractivity contribution in [1.29, 1.82) is 0 Å². The van der Waals surface area contributed by atoms with Crippen molar-refractivity contribution in [3.05, 3.63) is 29.5 Å². The number of amides is 2. The van der Waals surface area contributed by atoms with Gasteiger partial charge in [-0.1, -0.05) is 6.07 Å². The van der Waals surface area contributed by atoms with E-state index < -0.39 is 11.9 Å². The van der Waals surface area contributed by atoms with Crippen molar-refractivity contribution < 1.29 is 23.9 Å². The number of hydrogen-bond donors (Lipinski definition) is 1. The Morgan fingerprint density at radius 3 is 2.96 bits per heavy atom. The van der Waals surface area contributed by atoms with Gasteiger partial charge in [0.05, 0.1) is 29.5 Å². The lowest BCUT2D eigenvalue weighted by molar-refractivity contribution is -0.147. The van der Waals surface area contributed by atoms with Gasteiger partial charge < -0.3 is 19.3 Å². The highest BCUT2D eigenvalue weighted by atomic mass is 32.1. The first kappa shape index (κ1) is 19.1. The summed E-state index contributed by atoms with van der Waals surface area (Å²) in [6.45, 7) is 0.641. The monoisotopic (exact) mass is 391 g/mol. The third-order valence-electron chi connectivity index (χ3n) is 4.54. The summed E-state index contributed by atoms with van der Waals surface area (Å²) in [7, 11) is 1.55.